The van der Waals surface area contributed by atoms with E-state index in [0.717, 1.165) is 23.4 Å². The van der Waals surface area contributed by atoms with Crippen molar-refractivity contribution in [2.24, 2.45) is 0 Å². The van der Waals surface area contributed by atoms with Crippen LogP contribution in [0.5, 0.6) is 0 Å². The first-order valence-corrected chi connectivity index (χ1v) is 8.42. The average molecular weight is 363 g/mol. The standard InChI is InChI=1S/C18H20ClFN4O/c1-11-8-15(20)5-4-14(11)10-23-6-7-24(9-12(23)2)17-13(3)21-22-18(25)16(17)19/h4-5,8H,2,6-7,9-10H2,1,3H3,(H,22,25). The zero-order valence-corrected chi connectivity index (χ0v) is 15.0. The Balaban J connectivity index is 1.76. The van der Waals surface area contributed by atoms with E-state index in [4.69, 9.17) is 11.6 Å². The number of hydrogen-bond donors (Lipinski definition) is 1. The van der Waals surface area contributed by atoms with E-state index in [9.17, 15) is 9.18 Å². The molecule has 25 heavy (non-hydrogen) atoms. The summed E-state index contributed by atoms with van der Waals surface area (Å²) in [7, 11) is 0. The lowest BCUT2D eigenvalue weighted by atomic mass is 10.1. The highest BCUT2D eigenvalue weighted by Crippen LogP contribution is 2.28. The van der Waals surface area contributed by atoms with Gasteiger partial charge in [-0.1, -0.05) is 24.2 Å². The SMILES string of the molecule is C=C1CN(c2c(C)n[nH]c(=O)c2Cl)CCN1Cc1ccc(F)cc1C. The lowest BCUT2D eigenvalue weighted by Crippen LogP contribution is -2.45. The van der Waals surface area contributed by atoms with E-state index in [1.165, 1.54) is 6.07 Å². The van der Waals surface area contributed by atoms with E-state index in [0.29, 0.717) is 31.0 Å². The highest BCUT2D eigenvalue weighted by atomic mass is 35.5. The zero-order chi connectivity index (χ0) is 18.1. The highest BCUT2D eigenvalue weighted by molar-refractivity contribution is 6.33. The Bertz CT molecular complexity index is 880. The van der Waals surface area contributed by atoms with Crippen LogP contribution in [0.4, 0.5) is 10.1 Å². The number of H-pyrrole nitrogens is 1. The normalized spacial score (nSPS) is 15.0. The van der Waals surface area contributed by atoms with Crippen LogP contribution in [0.15, 0.2) is 35.3 Å². The zero-order valence-electron chi connectivity index (χ0n) is 14.3. The largest absolute Gasteiger partial charge is 0.368 e. The summed E-state index contributed by atoms with van der Waals surface area (Å²) in [6.45, 7) is 10.6. The molecule has 3 rings (SSSR count). The Morgan fingerprint density at radius 3 is 2.80 bits per heavy atom. The minimum atomic E-state index is -0.391. The van der Waals surface area contributed by atoms with Gasteiger partial charge in [0.1, 0.15) is 10.8 Å². The van der Waals surface area contributed by atoms with Crippen LogP contribution in [-0.2, 0) is 6.54 Å². The van der Waals surface area contributed by atoms with E-state index in [1.807, 2.05) is 24.8 Å². The van der Waals surface area contributed by atoms with Crippen molar-refractivity contribution >= 4 is 17.3 Å². The van der Waals surface area contributed by atoms with E-state index in [-0.39, 0.29) is 10.8 Å². The molecule has 1 fully saturated rings. The number of rotatable bonds is 3. The number of hydrogen-bond acceptors (Lipinski definition) is 4. The number of anilines is 1. The van der Waals surface area contributed by atoms with Crippen molar-refractivity contribution in [3.05, 3.63) is 68.5 Å². The van der Waals surface area contributed by atoms with Gasteiger partial charge in [-0.3, -0.25) is 4.79 Å². The fourth-order valence-electron chi connectivity index (χ4n) is 3.09. The highest BCUT2D eigenvalue weighted by Gasteiger charge is 2.24. The molecule has 0 unspecified atom stereocenters. The van der Waals surface area contributed by atoms with Gasteiger partial charge in [0.2, 0.25) is 0 Å². The van der Waals surface area contributed by atoms with Crippen molar-refractivity contribution in [1.29, 1.82) is 0 Å². The molecule has 0 amide bonds. The summed E-state index contributed by atoms with van der Waals surface area (Å²) in [6, 6.07) is 4.83. The van der Waals surface area contributed by atoms with Gasteiger partial charge in [0, 0.05) is 25.3 Å². The maximum Gasteiger partial charge on any atom is 0.285 e. The molecule has 1 N–H and O–H groups in total. The average Bonchev–Trinajstić information content (AvgIpc) is 2.56. The van der Waals surface area contributed by atoms with E-state index < -0.39 is 5.56 Å². The van der Waals surface area contributed by atoms with Crippen molar-refractivity contribution in [2.75, 3.05) is 24.5 Å². The van der Waals surface area contributed by atoms with Crippen molar-refractivity contribution < 1.29 is 4.39 Å². The van der Waals surface area contributed by atoms with Crippen LogP contribution < -0.4 is 10.5 Å². The first kappa shape index (κ1) is 17.5. The fourth-order valence-corrected chi connectivity index (χ4v) is 3.39. The number of aromatic nitrogens is 2. The van der Waals surface area contributed by atoms with E-state index in [1.54, 1.807) is 6.07 Å². The third-order valence-electron chi connectivity index (χ3n) is 4.52. The van der Waals surface area contributed by atoms with Gasteiger partial charge in [0.05, 0.1) is 17.9 Å². The van der Waals surface area contributed by atoms with Gasteiger partial charge < -0.3 is 9.80 Å². The van der Waals surface area contributed by atoms with Crippen LogP contribution in [0.2, 0.25) is 5.02 Å². The Kier molecular flexibility index (Phi) is 4.81. The summed E-state index contributed by atoms with van der Waals surface area (Å²) in [5.74, 6) is -0.225. The Labute approximate surface area is 150 Å². The minimum absolute atomic E-state index is 0.156. The molecule has 0 saturated carbocycles. The maximum atomic E-state index is 13.3. The first-order chi connectivity index (χ1) is 11.9. The molecular formula is C18H20ClFN4O. The van der Waals surface area contributed by atoms with Crippen LogP contribution in [0.25, 0.3) is 0 Å². The van der Waals surface area contributed by atoms with Gasteiger partial charge in [0.15, 0.2) is 0 Å². The minimum Gasteiger partial charge on any atom is -0.368 e. The molecule has 132 valence electrons. The molecule has 1 aliphatic heterocycles. The molecule has 0 radical (unpaired) electrons. The lowest BCUT2D eigenvalue weighted by Gasteiger charge is -2.39. The second kappa shape index (κ2) is 6.88. The summed E-state index contributed by atoms with van der Waals surface area (Å²) in [4.78, 5) is 15.9. The smallest absolute Gasteiger partial charge is 0.285 e. The van der Waals surface area contributed by atoms with Crippen molar-refractivity contribution in [3.63, 3.8) is 0 Å². The molecule has 0 bridgehead atoms. The molecular weight excluding hydrogens is 343 g/mol. The molecule has 1 aliphatic rings. The summed E-state index contributed by atoms with van der Waals surface area (Å²) in [6.07, 6.45) is 0. The van der Waals surface area contributed by atoms with Gasteiger partial charge in [-0.25, -0.2) is 9.49 Å². The monoisotopic (exact) mass is 362 g/mol. The summed E-state index contributed by atoms with van der Waals surface area (Å²) in [5, 5.41) is 6.54. The second-order valence-corrected chi connectivity index (χ2v) is 6.66. The molecule has 1 aromatic heterocycles. The van der Waals surface area contributed by atoms with Gasteiger partial charge >= 0.3 is 0 Å². The molecule has 0 atom stereocenters. The quantitative estimate of drug-likeness (QED) is 0.912. The molecule has 1 saturated heterocycles. The van der Waals surface area contributed by atoms with Gasteiger partial charge in [0.25, 0.3) is 5.56 Å². The van der Waals surface area contributed by atoms with Crippen LogP contribution in [0.1, 0.15) is 16.8 Å². The number of nitrogens with zero attached hydrogens (tertiary/aromatic N) is 3. The number of aryl methyl sites for hydroxylation is 2. The first-order valence-electron chi connectivity index (χ1n) is 8.04. The molecule has 5 nitrogen and oxygen atoms in total. The second-order valence-electron chi connectivity index (χ2n) is 6.28. The van der Waals surface area contributed by atoms with E-state index >= 15 is 0 Å². The molecule has 1 aromatic carbocycles. The molecule has 7 heteroatoms. The third-order valence-corrected chi connectivity index (χ3v) is 4.87. The van der Waals surface area contributed by atoms with Gasteiger partial charge in [-0.15, -0.1) is 0 Å². The predicted octanol–water partition coefficient (Wildman–Crippen LogP) is 3.02. The van der Waals surface area contributed by atoms with Crippen molar-refractivity contribution in [3.8, 4) is 0 Å². The van der Waals surface area contributed by atoms with Gasteiger partial charge in [-0.05, 0) is 37.1 Å². The number of benzene rings is 1. The van der Waals surface area contributed by atoms with Crippen molar-refractivity contribution in [1.82, 2.24) is 15.1 Å². The van der Waals surface area contributed by atoms with Gasteiger partial charge in [-0.2, -0.15) is 5.10 Å². The lowest BCUT2D eigenvalue weighted by molar-refractivity contribution is 0.312. The molecule has 2 aromatic rings. The fraction of sp³-hybridized carbons (Fsp3) is 0.333. The van der Waals surface area contributed by atoms with Crippen molar-refractivity contribution in [2.45, 2.75) is 20.4 Å². The predicted molar refractivity (Wildman–Crippen MR) is 97.5 cm³/mol. The summed E-state index contributed by atoms with van der Waals surface area (Å²) >= 11 is 6.18. The molecule has 2 heterocycles. The number of piperazine rings is 1. The number of halogens is 2. The molecule has 0 aliphatic carbocycles. The van der Waals surface area contributed by atoms with Crippen LogP contribution in [0.3, 0.4) is 0 Å². The van der Waals surface area contributed by atoms with Crippen LogP contribution in [-0.4, -0.2) is 34.7 Å². The van der Waals surface area contributed by atoms with Crippen LogP contribution >= 0.6 is 11.6 Å². The Morgan fingerprint density at radius 1 is 1.36 bits per heavy atom. The maximum absolute atomic E-state index is 13.3. The Hall–Kier alpha value is -2.34. The summed E-state index contributed by atoms with van der Waals surface area (Å²) < 4.78 is 13.3. The third kappa shape index (κ3) is 3.54. The summed E-state index contributed by atoms with van der Waals surface area (Å²) in [5.41, 5.74) is 3.86. The number of nitrogens with one attached hydrogen (secondary N) is 1. The Morgan fingerprint density at radius 2 is 2.12 bits per heavy atom. The number of aromatic amines is 1. The van der Waals surface area contributed by atoms with E-state index in [2.05, 4.69) is 21.7 Å². The molecule has 0 spiro atoms. The van der Waals surface area contributed by atoms with Crippen LogP contribution in [0, 0.1) is 19.7 Å². The topological polar surface area (TPSA) is 52.2 Å².